The summed E-state index contributed by atoms with van der Waals surface area (Å²) in [4.78, 5) is 112. The third kappa shape index (κ3) is 16.4. The summed E-state index contributed by atoms with van der Waals surface area (Å²) >= 11 is 14.0. The SMILES string of the molecule is CNC(CC(C)C)C(=O)NC1C(=O)NC(CC(N)=O)C(=O)NC2CNC(C(N)=O)c3ccc4c(c3)-c3c(cc(OC(=O)NC(C)c5ccccc5)cc3C4(O)O)C(C=O)NC(=O)CC(O)c3ccc(c(Cl)c3)Oc3cc2cc(c3OC2OC(CO)C(O)C(O)C2O)Oc2ccc(cc2Cl)C1O. The summed E-state index contributed by atoms with van der Waals surface area (Å²) in [5.41, 5.74) is 11.5. The van der Waals surface area contributed by atoms with Crippen molar-refractivity contribution >= 4 is 71.0 Å². The van der Waals surface area contributed by atoms with Crippen molar-refractivity contribution in [1.29, 1.82) is 0 Å². The fraction of sp³-hybridized carbons (Fsp3) is 0.362. The zero-order chi connectivity index (χ0) is 73.0. The van der Waals surface area contributed by atoms with Gasteiger partial charge in [-0.25, -0.2) is 4.79 Å². The summed E-state index contributed by atoms with van der Waals surface area (Å²) in [5.74, 6) is -11.7. The summed E-state index contributed by atoms with van der Waals surface area (Å²) in [6, 6.07) is 14.4. The molecule has 1 saturated heterocycles. The minimum Gasteiger partial charge on any atom is -0.454 e. The lowest BCUT2D eigenvalue weighted by atomic mass is 9.92. The number of aliphatic hydroxyl groups excluding tert-OH is 6. The van der Waals surface area contributed by atoms with Gasteiger partial charge >= 0.3 is 6.09 Å². The van der Waals surface area contributed by atoms with Gasteiger partial charge in [-0.2, -0.15) is 0 Å². The number of primary amides is 2. The molecule has 32 heteroatoms. The molecule has 30 nitrogen and oxygen atoms in total. The van der Waals surface area contributed by atoms with E-state index in [1.54, 1.807) is 37.3 Å². The molecular weight excluding hydrogens is 1360 g/mol. The molecule has 14 unspecified atom stereocenters. The Kier molecular flexibility index (Phi) is 23.0. The number of fused-ring (bicyclic) bond motifs is 16. The molecule has 6 aliphatic rings. The number of hydrogen-bond acceptors (Lipinski definition) is 23. The molecule has 0 spiro atoms. The quantitative estimate of drug-likeness (QED) is 0.0517. The maximum Gasteiger partial charge on any atom is 0.413 e. The maximum atomic E-state index is 15.2. The van der Waals surface area contributed by atoms with Crippen molar-refractivity contribution in [2.75, 3.05) is 20.2 Å². The smallest absolute Gasteiger partial charge is 0.413 e. The topological polar surface area (TPSA) is 481 Å². The Morgan fingerprint density at radius 2 is 1.41 bits per heavy atom. The van der Waals surface area contributed by atoms with Gasteiger partial charge in [0.2, 0.25) is 53.3 Å². The first-order valence-corrected chi connectivity index (χ1v) is 32.7. The number of ether oxygens (including phenoxy) is 5. The summed E-state index contributed by atoms with van der Waals surface area (Å²) in [5, 5.41) is 110. The summed E-state index contributed by atoms with van der Waals surface area (Å²) < 4.78 is 31.0. The number of nitrogens with one attached hydrogen (secondary N) is 7. The minimum atomic E-state index is -2.96. The maximum absolute atomic E-state index is 15.2. The number of aliphatic hydroxyl groups is 8. The van der Waals surface area contributed by atoms with Crippen molar-refractivity contribution in [3.63, 3.8) is 0 Å². The Labute approximate surface area is 586 Å². The van der Waals surface area contributed by atoms with Crippen LogP contribution in [0.15, 0.2) is 109 Å². The molecule has 14 atom stereocenters. The first-order valence-electron chi connectivity index (χ1n) is 31.9. The van der Waals surface area contributed by atoms with Crippen LogP contribution in [0.25, 0.3) is 11.1 Å². The largest absolute Gasteiger partial charge is 0.454 e. The van der Waals surface area contributed by atoms with Gasteiger partial charge in [-0.05, 0) is 125 Å². The van der Waals surface area contributed by atoms with Crippen LogP contribution >= 0.6 is 23.2 Å². The van der Waals surface area contributed by atoms with Gasteiger partial charge < -0.3 is 113 Å². The van der Waals surface area contributed by atoms with Crippen LogP contribution in [0, 0.1) is 5.92 Å². The van der Waals surface area contributed by atoms with Gasteiger partial charge in [0.15, 0.2) is 11.5 Å². The molecule has 9 bridgehead atoms. The van der Waals surface area contributed by atoms with Gasteiger partial charge in [-0.3, -0.25) is 34.1 Å². The van der Waals surface area contributed by atoms with Crippen molar-refractivity contribution in [1.82, 2.24) is 37.2 Å². The van der Waals surface area contributed by atoms with E-state index in [2.05, 4.69) is 37.2 Å². The molecule has 6 aromatic rings. The second-order valence-corrected chi connectivity index (χ2v) is 26.0. The van der Waals surface area contributed by atoms with Crippen LogP contribution in [-0.2, 0) is 44.1 Å². The van der Waals surface area contributed by atoms with E-state index in [-0.39, 0.29) is 89.7 Å². The number of carbonyl (C=O) groups is 8. The van der Waals surface area contributed by atoms with Crippen LogP contribution < -0.4 is 67.6 Å². The Bertz CT molecular complexity index is 4170. The van der Waals surface area contributed by atoms with Crippen LogP contribution in [0.4, 0.5) is 4.79 Å². The highest BCUT2D eigenvalue weighted by atomic mass is 35.5. The highest BCUT2D eigenvalue weighted by Gasteiger charge is 2.47. The van der Waals surface area contributed by atoms with E-state index in [4.69, 9.17) is 58.4 Å². The van der Waals surface area contributed by atoms with E-state index in [0.29, 0.717) is 11.8 Å². The molecule has 536 valence electrons. The first-order chi connectivity index (χ1) is 48.0. The number of nitrogens with two attached hydrogens (primary N) is 2. The Hall–Kier alpha value is -9.38. The van der Waals surface area contributed by atoms with Crippen molar-refractivity contribution in [2.45, 2.75) is 131 Å². The average molecular weight is 1440 g/mol. The third-order valence-electron chi connectivity index (χ3n) is 17.6. The first kappa shape index (κ1) is 74.3. The lowest BCUT2D eigenvalue weighted by molar-refractivity contribution is -0.277. The van der Waals surface area contributed by atoms with E-state index >= 15 is 4.79 Å². The summed E-state index contributed by atoms with van der Waals surface area (Å²) in [6.07, 6.45) is -15.4. The molecule has 0 radical (unpaired) electrons. The number of amides is 7. The van der Waals surface area contributed by atoms with E-state index < -0.39 is 176 Å². The lowest BCUT2D eigenvalue weighted by Crippen LogP contribution is -2.60. The Morgan fingerprint density at radius 3 is 2.02 bits per heavy atom. The average Bonchev–Trinajstić information content (AvgIpc) is 1.56. The Morgan fingerprint density at radius 1 is 0.752 bits per heavy atom. The molecule has 5 aliphatic heterocycles. The van der Waals surface area contributed by atoms with Crippen molar-refractivity contribution in [3.8, 4) is 45.6 Å². The van der Waals surface area contributed by atoms with Gasteiger partial charge in [0.05, 0.1) is 53.7 Å². The molecule has 6 aromatic carbocycles. The number of rotatable bonds is 15. The van der Waals surface area contributed by atoms with E-state index in [0.717, 1.165) is 6.07 Å². The molecule has 0 aromatic heterocycles. The van der Waals surface area contributed by atoms with Crippen molar-refractivity contribution in [3.05, 3.63) is 164 Å². The number of hydrogen-bond donors (Lipinski definition) is 17. The molecule has 1 aliphatic carbocycles. The number of halogens is 2. The zero-order valence-corrected chi connectivity index (χ0v) is 56.0. The standard InChI is InChI=1S/C69H75Cl2N9O21/c1-29(2)16-43(74-4)64(91)80-57-58(86)34-12-15-49(42(71)19-34)99-51-21-35-20-50(62(51)101-67-61(89)60(88)59(87)52(28-82)100-67)98-48-14-11-32(18-41(48)70)47(83)25-54(85)77-46(27-81)38-22-36(97-68(94)76-30(3)31-8-6-5-7-9-31)23-40-55(38)37-17-33(10-13-39(37)69(40,95)96)56(63(73)90)75-26-45(35)79-65(92)44(24-53(72)84)78-66(57)93/h5-15,17-23,27,29-30,43-47,52,56-61,67,74-75,82-83,86-89,95-96H,16,24-26,28H2,1-4H3,(H2,72,84)(H2,73,90)(H,76,94)(H,77,85)(H,78,93)(H,79,92)(H,80,91). The fourth-order valence-electron chi connectivity index (χ4n) is 12.3. The van der Waals surface area contributed by atoms with Gasteiger partial charge in [-0.15, -0.1) is 0 Å². The molecule has 0 saturated carbocycles. The molecular formula is C69H75Cl2N9O21. The van der Waals surface area contributed by atoms with Gasteiger partial charge in [0.1, 0.15) is 78.2 Å². The number of carbonyl (C=O) groups excluding carboxylic acids is 8. The van der Waals surface area contributed by atoms with Gasteiger partial charge in [-0.1, -0.05) is 91.6 Å². The lowest BCUT2D eigenvalue weighted by Gasteiger charge is -2.39. The number of aldehydes is 1. The normalized spacial score (nSPS) is 24.8. The highest BCUT2D eigenvalue weighted by molar-refractivity contribution is 6.32. The number of likely N-dealkylation sites (N-methyl/N-ethyl adjacent to an activating group) is 1. The monoisotopic (exact) mass is 1440 g/mol. The second-order valence-electron chi connectivity index (χ2n) is 25.2. The summed E-state index contributed by atoms with van der Waals surface area (Å²) in [7, 11) is 1.51. The third-order valence-corrected chi connectivity index (χ3v) is 18.2. The fourth-order valence-corrected chi connectivity index (χ4v) is 12.8. The predicted molar refractivity (Wildman–Crippen MR) is 357 cm³/mol. The van der Waals surface area contributed by atoms with Gasteiger partial charge in [0, 0.05) is 17.7 Å². The summed E-state index contributed by atoms with van der Waals surface area (Å²) in [6.45, 7) is 3.82. The number of benzene rings is 6. The van der Waals surface area contributed by atoms with Crippen LogP contribution in [0.5, 0.6) is 34.5 Å². The molecule has 5 heterocycles. The van der Waals surface area contributed by atoms with Crippen LogP contribution in [-0.4, -0.2) is 158 Å². The molecule has 7 amide bonds. The van der Waals surface area contributed by atoms with Crippen LogP contribution in [0.2, 0.25) is 10.0 Å². The van der Waals surface area contributed by atoms with E-state index in [1.807, 2.05) is 13.8 Å². The molecule has 1 fully saturated rings. The van der Waals surface area contributed by atoms with Crippen molar-refractivity contribution < 1.29 is 103 Å². The van der Waals surface area contributed by atoms with E-state index in [9.17, 15) is 74.4 Å². The molecule has 19 N–H and O–H groups in total. The molecule has 101 heavy (non-hydrogen) atoms. The molecule has 12 rings (SSSR count). The Balaban J connectivity index is 1.17. The minimum absolute atomic E-state index is 0.00879. The predicted octanol–water partition coefficient (Wildman–Crippen LogP) is 2.07. The van der Waals surface area contributed by atoms with Crippen LogP contribution in [0.1, 0.15) is 121 Å². The highest BCUT2D eigenvalue weighted by Crippen LogP contribution is 2.52. The van der Waals surface area contributed by atoms with Crippen LogP contribution in [0.3, 0.4) is 0 Å². The zero-order valence-electron chi connectivity index (χ0n) is 54.5. The second kappa shape index (κ2) is 31.2. The van der Waals surface area contributed by atoms with Gasteiger partial charge in [0.25, 0.3) is 0 Å². The van der Waals surface area contributed by atoms with Crippen molar-refractivity contribution in [2.24, 2.45) is 17.4 Å². The van der Waals surface area contributed by atoms with E-state index in [1.165, 1.54) is 79.8 Å².